The number of anilines is 1. The van der Waals surface area contributed by atoms with Crippen LogP contribution in [0.25, 0.3) is 0 Å². The predicted molar refractivity (Wildman–Crippen MR) is 95.5 cm³/mol. The molecule has 7 nitrogen and oxygen atoms in total. The first-order valence-corrected chi connectivity index (χ1v) is 9.69. The number of hydrogen-bond acceptors (Lipinski definition) is 4. The maximum Gasteiger partial charge on any atom is 0.292 e. The van der Waals surface area contributed by atoms with Crippen molar-refractivity contribution in [2.45, 2.75) is 30.8 Å². The second kappa shape index (κ2) is 6.99. The first-order chi connectivity index (χ1) is 12.3. The summed E-state index contributed by atoms with van der Waals surface area (Å²) in [5.74, 6) is -0.451. The lowest BCUT2D eigenvalue weighted by Gasteiger charge is -2.14. The third kappa shape index (κ3) is 3.82. The van der Waals surface area contributed by atoms with Crippen LogP contribution in [0.3, 0.4) is 0 Å². The zero-order valence-corrected chi connectivity index (χ0v) is 15.1. The molecule has 1 fully saturated rings. The minimum Gasteiger partial charge on any atom is -0.332 e. The molecule has 0 radical (unpaired) electrons. The molecule has 3 rings (SSSR count). The summed E-state index contributed by atoms with van der Waals surface area (Å²) in [5, 5.41) is 6.87. The number of sulfonamides is 1. The lowest BCUT2D eigenvalue weighted by atomic mass is 10.2. The standard InChI is InChI=1S/C18H19N3O4S/c1-12-3-2-4-14(9-12)21-17(22)10-16(18(21)23)20-11-13-5-7-15(8-6-13)26(19,24)25/h2-9,16,20H,10-11H2,1H3,(H2,19,24,25)/p+1/t16-/m0/s1. The van der Waals surface area contributed by atoms with Gasteiger partial charge in [0.05, 0.1) is 17.0 Å². The third-order valence-electron chi connectivity index (χ3n) is 4.33. The first kappa shape index (κ1) is 18.2. The van der Waals surface area contributed by atoms with Crippen LogP contribution in [-0.2, 0) is 26.2 Å². The fourth-order valence-corrected chi connectivity index (χ4v) is 3.49. The zero-order valence-electron chi connectivity index (χ0n) is 14.3. The van der Waals surface area contributed by atoms with Gasteiger partial charge < -0.3 is 5.32 Å². The van der Waals surface area contributed by atoms with Crippen LogP contribution >= 0.6 is 0 Å². The topological polar surface area (TPSA) is 114 Å². The molecule has 8 heteroatoms. The van der Waals surface area contributed by atoms with Gasteiger partial charge in [-0.2, -0.15) is 0 Å². The van der Waals surface area contributed by atoms with E-state index in [-0.39, 0.29) is 23.1 Å². The van der Waals surface area contributed by atoms with E-state index in [4.69, 9.17) is 5.14 Å². The molecule has 4 N–H and O–H groups in total. The number of nitrogens with two attached hydrogens (primary N) is 2. The van der Waals surface area contributed by atoms with Crippen molar-refractivity contribution in [3.63, 3.8) is 0 Å². The molecular formula is C18H20N3O4S+. The number of quaternary nitrogens is 1. The Hall–Kier alpha value is -2.55. The van der Waals surface area contributed by atoms with E-state index in [1.54, 1.807) is 23.5 Å². The summed E-state index contributed by atoms with van der Waals surface area (Å²) in [4.78, 5) is 26.2. The first-order valence-electron chi connectivity index (χ1n) is 8.14. The Labute approximate surface area is 151 Å². The molecule has 2 amide bonds. The highest BCUT2D eigenvalue weighted by atomic mass is 32.2. The summed E-state index contributed by atoms with van der Waals surface area (Å²) >= 11 is 0. The number of rotatable bonds is 5. The lowest BCUT2D eigenvalue weighted by molar-refractivity contribution is -0.690. The molecule has 0 saturated carbocycles. The van der Waals surface area contributed by atoms with Crippen molar-refractivity contribution in [2.75, 3.05) is 4.90 Å². The van der Waals surface area contributed by atoms with Gasteiger partial charge in [-0.3, -0.25) is 9.59 Å². The molecule has 26 heavy (non-hydrogen) atoms. The maximum atomic E-state index is 12.6. The summed E-state index contributed by atoms with van der Waals surface area (Å²) in [6.45, 7) is 2.36. The molecule has 136 valence electrons. The van der Waals surface area contributed by atoms with E-state index in [2.05, 4.69) is 0 Å². The summed E-state index contributed by atoms with van der Waals surface area (Å²) in [7, 11) is -3.72. The van der Waals surface area contributed by atoms with E-state index >= 15 is 0 Å². The minimum atomic E-state index is -3.72. The molecular weight excluding hydrogens is 354 g/mol. The highest BCUT2D eigenvalue weighted by molar-refractivity contribution is 7.89. The maximum absolute atomic E-state index is 12.6. The normalized spacial score (nSPS) is 17.8. The number of imide groups is 1. The number of amides is 2. The van der Waals surface area contributed by atoms with Crippen LogP contribution in [0, 0.1) is 6.92 Å². The number of carbonyl (C=O) groups excluding carboxylic acids is 2. The Morgan fingerprint density at radius 1 is 1.15 bits per heavy atom. The fraction of sp³-hybridized carbons (Fsp3) is 0.222. The molecule has 0 aromatic heterocycles. The molecule has 1 heterocycles. The van der Waals surface area contributed by atoms with Crippen LogP contribution in [0.4, 0.5) is 5.69 Å². The van der Waals surface area contributed by atoms with Gasteiger partial charge in [0, 0.05) is 5.56 Å². The number of hydrogen-bond donors (Lipinski definition) is 2. The summed E-state index contributed by atoms with van der Waals surface area (Å²) in [5.41, 5.74) is 2.41. The minimum absolute atomic E-state index is 0.0407. The van der Waals surface area contributed by atoms with Crippen molar-refractivity contribution in [3.05, 3.63) is 59.7 Å². The Morgan fingerprint density at radius 3 is 2.46 bits per heavy atom. The van der Waals surface area contributed by atoms with E-state index in [1.165, 1.54) is 17.0 Å². The lowest BCUT2D eigenvalue weighted by Crippen LogP contribution is -2.90. The highest BCUT2D eigenvalue weighted by Gasteiger charge is 2.42. The van der Waals surface area contributed by atoms with Gasteiger partial charge in [0.15, 0.2) is 6.04 Å². The van der Waals surface area contributed by atoms with Gasteiger partial charge in [0.1, 0.15) is 6.54 Å². The van der Waals surface area contributed by atoms with Gasteiger partial charge in [-0.05, 0) is 36.8 Å². The van der Waals surface area contributed by atoms with Gasteiger partial charge in [0.25, 0.3) is 5.91 Å². The number of nitrogens with zero attached hydrogens (tertiary/aromatic N) is 1. The monoisotopic (exact) mass is 374 g/mol. The van der Waals surface area contributed by atoms with Crippen LogP contribution in [-0.4, -0.2) is 26.3 Å². The second-order valence-electron chi connectivity index (χ2n) is 6.35. The summed E-state index contributed by atoms with van der Waals surface area (Å²) < 4.78 is 22.5. The molecule has 1 atom stereocenters. The quantitative estimate of drug-likeness (QED) is 0.719. The summed E-state index contributed by atoms with van der Waals surface area (Å²) in [6.07, 6.45) is 0.141. The van der Waals surface area contributed by atoms with Gasteiger partial charge in [-0.25, -0.2) is 18.5 Å². The fourth-order valence-electron chi connectivity index (χ4n) is 2.97. The molecule has 0 spiro atoms. The largest absolute Gasteiger partial charge is 0.332 e. The van der Waals surface area contributed by atoms with E-state index in [1.807, 2.05) is 25.1 Å². The van der Waals surface area contributed by atoms with E-state index in [9.17, 15) is 18.0 Å². The van der Waals surface area contributed by atoms with Crippen molar-refractivity contribution in [1.29, 1.82) is 0 Å². The van der Waals surface area contributed by atoms with Crippen LogP contribution in [0.1, 0.15) is 17.5 Å². The Morgan fingerprint density at radius 2 is 1.85 bits per heavy atom. The van der Waals surface area contributed by atoms with Gasteiger partial charge in [-0.15, -0.1) is 0 Å². The number of aryl methyl sites for hydroxylation is 1. The van der Waals surface area contributed by atoms with Crippen molar-refractivity contribution in [1.82, 2.24) is 0 Å². The van der Waals surface area contributed by atoms with Crippen molar-refractivity contribution in [3.8, 4) is 0 Å². The molecule has 0 aliphatic carbocycles. The van der Waals surface area contributed by atoms with E-state index < -0.39 is 16.1 Å². The molecule has 1 aliphatic rings. The molecule has 1 aliphatic heterocycles. The molecule has 2 aromatic rings. The number of benzene rings is 2. The van der Waals surface area contributed by atoms with Crippen LogP contribution < -0.4 is 15.4 Å². The van der Waals surface area contributed by atoms with Crippen molar-refractivity contribution < 1.29 is 23.3 Å². The smallest absolute Gasteiger partial charge is 0.292 e. The summed E-state index contributed by atoms with van der Waals surface area (Å²) in [6, 6.07) is 12.9. The Balaban J connectivity index is 1.68. The van der Waals surface area contributed by atoms with Gasteiger partial charge >= 0.3 is 0 Å². The predicted octanol–water partition coefficient (Wildman–Crippen LogP) is 0.0379. The van der Waals surface area contributed by atoms with Crippen LogP contribution in [0.2, 0.25) is 0 Å². The van der Waals surface area contributed by atoms with Crippen molar-refractivity contribution >= 4 is 27.5 Å². The second-order valence-corrected chi connectivity index (χ2v) is 7.91. The molecule has 2 aromatic carbocycles. The van der Waals surface area contributed by atoms with Gasteiger partial charge in [-0.1, -0.05) is 24.3 Å². The molecule has 0 bridgehead atoms. The SMILES string of the molecule is Cc1cccc(N2C(=O)C[C@H]([NH2+]Cc3ccc(S(N)(=O)=O)cc3)C2=O)c1. The third-order valence-corrected chi connectivity index (χ3v) is 5.26. The average Bonchev–Trinajstić information content (AvgIpc) is 2.86. The molecule has 0 unspecified atom stereocenters. The average molecular weight is 374 g/mol. The van der Waals surface area contributed by atoms with Crippen LogP contribution in [0.5, 0.6) is 0 Å². The Kier molecular flexibility index (Phi) is 4.90. The highest BCUT2D eigenvalue weighted by Crippen LogP contribution is 2.22. The Bertz CT molecular complexity index is 955. The van der Waals surface area contributed by atoms with E-state index in [0.29, 0.717) is 12.2 Å². The van der Waals surface area contributed by atoms with Crippen molar-refractivity contribution in [2.24, 2.45) is 5.14 Å². The number of carbonyl (C=O) groups is 2. The molecule has 1 saturated heterocycles. The zero-order chi connectivity index (χ0) is 18.9. The van der Waals surface area contributed by atoms with E-state index in [0.717, 1.165) is 11.1 Å². The number of primary sulfonamides is 1. The van der Waals surface area contributed by atoms with Crippen LogP contribution in [0.15, 0.2) is 53.4 Å². The van der Waals surface area contributed by atoms with Gasteiger partial charge in [0.2, 0.25) is 15.9 Å².